The molecule has 1 saturated heterocycles. The van der Waals surface area contributed by atoms with E-state index in [1.54, 1.807) is 27.2 Å². The number of carbonyl (C=O) groups excluding carboxylic acids is 1. The number of aryl methyl sites for hydroxylation is 1. The van der Waals surface area contributed by atoms with Crippen molar-refractivity contribution < 1.29 is 4.79 Å². The highest BCUT2D eigenvalue weighted by atomic mass is 35.5. The van der Waals surface area contributed by atoms with Crippen LogP contribution < -0.4 is 10.9 Å². The van der Waals surface area contributed by atoms with Crippen LogP contribution in [0.15, 0.2) is 65.5 Å². The number of hydrogen-bond donors (Lipinski definition) is 1. The zero-order valence-electron chi connectivity index (χ0n) is 20.9. The van der Waals surface area contributed by atoms with Gasteiger partial charge in [-0.3, -0.25) is 14.5 Å². The lowest BCUT2D eigenvalue weighted by molar-refractivity contribution is 0.0826. The quantitative estimate of drug-likeness (QED) is 0.411. The average Bonchev–Trinajstić information content (AvgIpc) is 2.88. The monoisotopic (exact) mass is 502 g/mol. The van der Waals surface area contributed by atoms with Gasteiger partial charge in [-0.05, 0) is 53.4 Å². The minimum atomic E-state index is -0.311. The Bertz CT molecular complexity index is 1500. The summed E-state index contributed by atoms with van der Waals surface area (Å²) in [7, 11) is 5.03. The number of benzene rings is 3. The number of anilines is 1. The Morgan fingerprint density at radius 2 is 1.75 bits per heavy atom. The van der Waals surface area contributed by atoms with Crippen LogP contribution in [-0.2, 0) is 13.6 Å². The molecule has 3 aromatic carbocycles. The number of rotatable bonds is 5. The van der Waals surface area contributed by atoms with Gasteiger partial charge in [0.1, 0.15) is 5.56 Å². The first-order chi connectivity index (χ1) is 17.3. The lowest BCUT2D eigenvalue weighted by Crippen LogP contribution is -2.40. The number of piperidine rings is 1. The molecular formula is C29H31ClN4O2. The molecule has 0 unspecified atom stereocenters. The first-order valence-corrected chi connectivity index (χ1v) is 12.7. The molecule has 0 atom stereocenters. The molecule has 0 radical (unpaired) electrons. The minimum absolute atomic E-state index is 0.154. The van der Waals surface area contributed by atoms with Crippen LogP contribution in [0.2, 0.25) is 5.02 Å². The molecule has 7 heteroatoms. The molecule has 6 nitrogen and oxygen atoms in total. The van der Waals surface area contributed by atoms with Crippen LogP contribution in [0.1, 0.15) is 28.8 Å². The minimum Gasteiger partial charge on any atom is -0.381 e. The van der Waals surface area contributed by atoms with Gasteiger partial charge < -0.3 is 14.8 Å². The molecule has 1 aliphatic heterocycles. The average molecular weight is 503 g/mol. The molecule has 0 spiro atoms. The van der Waals surface area contributed by atoms with Gasteiger partial charge in [-0.25, -0.2) is 0 Å². The lowest BCUT2D eigenvalue weighted by atomic mass is 10.0. The third-order valence-electron chi connectivity index (χ3n) is 7.13. The Kier molecular flexibility index (Phi) is 6.73. The van der Waals surface area contributed by atoms with Crippen molar-refractivity contribution in [3.63, 3.8) is 0 Å². The van der Waals surface area contributed by atoms with Crippen LogP contribution in [0.3, 0.4) is 0 Å². The Hall–Kier alpha value is -3.35. The summed E-state index contributed by atoms with van der Waals surface area (Å²) >= 11 is 6.34. The molecule has 1 aromatic heterocycles. The number of likely N-dealkylation sites (tertiary alicyclic amines) is 1. The van der Waals surface area contributed by atoms with Crippen LogP contribution in [-0.4, -0.2) is 53.5 Å². The molecule has 0 aliphatic carbocycles. The summed E-state index contributed by atoms with van der Waals surface area (Å²) in [5.74, 6) is -0.311. The Balaban J connectivity index is 1.38. The zero-order valence-corrected chi connectivity index (χ0v) is 21.7. The number of pyridine rings is 1. The second kappa shape index (κ2) is 9.96. The van der Waals surface area contributed by atoms with Crippen molar-refractivity contribution in [2.45, 2.75) is 25.4 Å². The second-order valence-corrected chi connectivity index (χ2v) is 10.3. The summed E-state index contributed by atoms with van der Waals surface area (Å²) in [5, 5.41) is 7.46. The smallest absolute Gasteiger partial charge is 0.265 e. The molecule has 186 valence electrons. The highest BCUT2D eigenvalue weighted by Gasteiger charge is 2.26. The van der Waals surface area contributed by atoms with E-state index in [0.29, 0.717) is 10.7 Å². The summed E-state index contributed by atoms with van der Waals surface area (Å²) < 4.78 is 1.53. The molecule has 2 heterocycles. The summed E-state index contributed by atoms with van der Waals surface area (Å²) in [6.45, 7) is 2.78. The topological polar surface area (TPSA) is 57.6 Å². The fourth-order valence-corrected chi connectivity index (χ4v) is 5.30. The van der Waals surface area contributed by atoms with Crippen LogP contribution in [0, 0.1) is 0 Å². The predicted molar refractivity (Wildman–Crippen MR) is 148 cm³/mol. The van der Waals surface area contributed by atoms with Gasteiger partial charge in [-0.1, -0.05) is 48.0 Å². The lowest BCUT2D eigenvalue weighted by Gasteiger charge is -2.33. The standard InChI is InChI=1S/C29H31ClN4O2/c1-32(2)28(35)26-27(24-17-22(30)10-11-25(24)33(3)29(26)36)31-23-12-14-34(15-13-23)18-19-8-9-20-6-4-5-7-21(20)16-19/h4-11,16-17,23,31H,12-15,18H2,1-3H3. The van der Waals surface area contributed by atoms with E-state index in [9.17, 15) is 9.59 Å². The largest absolute Gasteiger partial charge is 0.381 e. The molecule has 5 rings (SSSR count). The van der Waals surface area contributed by atoms with E-state index in [4.69, 9.17) is 11.6 Å². The predicted octanol–water partition coefficient (Wildman–Crippen LogP) is 5.12. The first-order valence-electron chi connectivity index (χ1n) is 12.3. The number of fused-ring (bicyclic) bond motifs is 2. The van der Waals surface area contributed by atoms with Gasteiger partial charge in [0.2, 0.25) is 0 Å². The SMILES string of the molecule is CN(C)C(=O)c1c(NC2CCN(Cc3ccc4ccccc4c3)CC2)c2cc(Cl)ccc2n(C)c1=O. The second-order valence-electron chi connectivity index (χ2n) is 9.85. The van der Waals surface area contributed by atoms with Crippen molar-refractivity contribution in [2.24, 2.45) is 7.05 Å². The van der Waals surface area contributed by atoms with E-state index in [-0.39, 0.29) is 23.1 Å². The molecule has 1 aliphatic rings. The number of carbonyl (C=O) groups is 1. The van der Waals surface area contributed by atoms with E-state index in [1.807, 2.05) is 12.1 Å². The Labute approximate surface area is 216 Å². The Morgan fingerprint density at radius 3 is 2.47 bits per heavy atom. The summed E-state index contributed by atoms with van der Waals surface area (Å²) in [6, 6.07) is 20.7. The number of nitrogens with one attached hydrogen (secondary N) is 1. The fourth-order valence-electron chi connectivity index (χ4n) is 5.13. The molecule has 0 saturated carbocycles. The van der Waals surface area contributed by atoms with E-state index < -0.39 is 0 Å². The van der Waals surface area contributed by atoms with Crippen molar-refractivity contribution in [1.29, 1.82) is 0 Å². The van der Waals surface area contributed by atoms with E-state index in [2.05, 4.69) is 52.7 Å². The normalized spacial score (nSPS) is 14.9. The fraction of sp³-hybridized carbons (Fsp3) is 0.310. The maximum atomic E-state index is 13.3. The van der Waals surface area contributed by atoms with Crippen molar-refractivity contribution in [2.75, 3.05) is 32.5 Å². The van der Waals surface area contributed by atoms with Crippen molar-refractivity contribution in [3.05, 3.63) is 87.2 Å². The third kappa shape index (κ3) is 4.71. The molecule has 36 heavy (non-hydrogen) atoms. The van der Waals surface area contributed by atoms with E-state index >= 15 is 0 Å². The van der Waals surface area contributed by atoms with E-state index in [0.717, 1.165) is 43.4 Å². The molecule has 1 fully saturated rings. The maximum Gasteiger partial charge on any atom is 0.265 e. The van der Waals surface area contributed by atoms with Crippen molar-refractivity contribution >= 4 is 44.9 Å². The van der Waals surface area contributed by atoms with Gasteiger partial charge in [0.15, 0.2) is 0 Å². The molecule has 1 amide bonds. The van der Waals surface area contributed by atoms with Gasteiger partial charge in [0.05, 0.1) is 11.2 Å². The number of amides is 1. The van der Waals surface area contributed by atoms with Crippen LogP contribution >= 0.6 is 11.6 Å². The number of aromatic nitrogens is 1. The highest BCUT2D eigenvalue weighted by Crippen LogP contribution is 2.30. The maximum absolute atomic E-state index is 13.3. The van der Waals surface area contributed by atoms with Gasteiger partial charge in [-0.15, -0.1) is 0 Å². The van der Waals surface area contributed by atoms with E-state index in [1.165, 1.54) is 25.8 Å². The number of nitrogens with zero attached hydrogens (tertiary/aromatic N) is 3. The summed E-state index contributed by atoms with van der Waals surface area (Å²) in [4.78, 5) is 30.3. The van der Waals surface area contributed by atoms with Crippen LogP contribution in [0.4, 0.5) is 5.69 Å². The van der Waals surface area contributed by atoms with Crippen LogP contribution in [0.5, 0.6) is 0 Å². The Morgan fingerprint density at radius 1 is 1.03 bits per heavy atom. The number of hydrogen-bond acceptors (Lipinski definition) is 4. The molecular weight excluding hydrogens is 472 g/mol. The zero-order chi connectivity index (χ0) is 25.4. The van der Waals surface area contributed by atoms with Gasteiger partial charge >= 0.3 is 0 Å². The van der Waals surface area contributed by atoms with Crippen molar-refractivity contribution in [3.8, 4) is 0 Å². The van der Waals surface area contributed by atoms with Gasteiger partial charge in [0, 0.05) is 57.2 Å². The molecule has 1 N–H and O–H groups in total. The molecule has 0 bridgehead atoms. The van der Waals surface area contributed by atoms with Crippen LogP contribution in [0.25, 0.3) is 21.7 Å². The third-order valence-corrected chi connectivity index (χ3v) is 7.37. The van der Waals surface area contributed by atoms with Gasteiger partial charge in [-0.2, -0.15) is 0 Å². The first kappa shape index (κ1) is 24.3. The van der Waals surface area contributed by atoms with Crippen molar-refractivity contribution in [1.82, 2.24) is 14.4 Å². The summed E-state index contributed by atoms with van der Waals surface area (Å²) in [5.41, 5.74) is 2.50. The summed E-state index contributed by atoms with van der Waals surface area (Å²) in [6.07, 6.45) is 1.83. The molecule has 4 aromatic rings. The highest BCUT2D eigenvalue weighted by molar-refractivity contribution is 6.31. The van der Waals surface area contributed by atoms with Gasteiger partial charge in [0.25, 0.3) is 11.5 Å². The number of halogens is 1.